The van der Waals surface area contributed by atoms with Gasteiger partial charge in [-0.15, -0.1) is 0 Å². The molecule has 22 heavy (non-hydrogen) atoms. The predicted molar refractivity (Wildman–Crippen MR) is 66.5 cm³/mol. The van der Waals surface area contributed by atoms with Crippen LogP contribution in [0.25, 0.3) is 0 Å². The maximum absolute atomic E-state index is 13.4. The largest absolute Gasteiger partial charge is 0.465 e. The topological polar surface area (TPSA) is 99.1 Å². The summed E-state index contributed by atoms with van der Waals surface area (Å²) in [7, 11) is -5.89. The van der Waals surface area contributed by atoms with Crippen molar-refractivity contribution >= 4 is 16.1 Å². The SMILES string of the molecule is O=C(OC1C2CCC(C2)C12OCCCO2)C(F)(F)S(=O)(=O)O. The van der Waals surface area contributed by atoms with Crippen LogP contribution in [0.1, 0.15) is 25.7 Å². The molecule has 1 heterocycles. The summed E-state index contributed by atoms with van der Waals surface area (Å²) in [6, 6.07) is 0. The number of esters is 1. The molecule has 1 spiro atoms. The molecule has 0 aromatic carbocycles. The molecule has 7 nitrogen and oxygen atoms in total. The summed E-state index contributed by atoms with van der Waals surface area (Å²) in [6.45, 7) is 0.706. The lowest BCUT2D eigenvalue weighted by Gasteiger charge is -2.44. The van der Waals surface area contributed by atoms with Gasteiger partial charge in [-0.2, -0.15) is 17.2 Å². The first-order valence-corrected chi connectivity index (χ1v) is 8.46. The Morgan fingerprint density at radius 1 is 1.27 bits per heavy atom. The van der Waals surface area contributed by atoms with Gasteiger partial charge in [-0.25, -0.2) is 4.79 Å². The van der Waals surface area contributed by atoms with Crippen LogP contribution >= 0.6 is 0 Å². The van der Waals surface area contributed by atoms with Crippen LogP contribution in [0, 0.1) is 11.8 Å². The highest BCUT2D eigenvalue weighted by atomic mass is 32.2. The monoisotopic (exact) mass is 342 g/mol. The van der Waals surface area contributed by atoms with Crippen LogP contribution in [-0.4, -0.2) is 49.3 Å². The normalized spacial score (nSPS) is 34.0. The number of alkyl halides is 2. The minimum atomic E-state index is -5.89. The Labute approximate surface area is 125 Å². The average molecular weight is 342 g/mol. The van der Waals surface area contributed by atoms with Crippen LogP contribution < -0.4 is 0 Å². The van der Waals surface area contributed by atoms with Gasteiger partial charge in [0.2, 0.25) is 5.79 Å². The fraction of sp³-hybridized carbons (Fsp3) is 0.917. The lowest BCUT2D eigenvalue weighted by Crippen LogP contribution is -2.57. The molecule has 10 heteroatoms. The van der Waals surface area contributed by atoms with Gasteiger partial charge in [-0.05, 0) is 25.7 Å². The predicted octanol–water partition coefficient (Wildman–Crippen LogP) is 0.942. The summed E-state index contributed by atoms with van der Waals surface area (Å²) in [5.74, 6) is -3.87. The average Bonchev–Trinajstić information content (AvgIpc) is 3.01. The van der Waals surface area contributed by atoms with Crippen molar-refractivity contribution < 1.29 is 40.8 Å². The van der Waals surface area contributed by atoms with E-state index in [2.05, 4.69) is 0 Å². The van der Waals surface area contributed by atoms with Crippen molar-refractivity contribution in [2.75, 3.05) is 13.2 Å². The highest BCUT2D eigenvalue weighted by molar-refractivity contribution is 7.87. The minimum absolute atomic E-state index is 0.0741. The molecule has 1 aliphatic heterocycles. The summed E-state index contributed by atoms with van der Waals surface area (Å²) < 4.78 is 72.5. The van der Waals surface area contributed by atoms with Crippen molar-refractivity contribution in [1.29, 1.82) is 0 Å². The zero-order valence-corrected chi connectivity index (χ0v) is 12.4. The van der Waals surface area contributed by atoms with Gasteiger partial charge in [0.1, 0.15) is 0 Å². The molecule has 126 valence electrons. The van der Waals surface area contributed by atoms with Gasteiger partial charge in [0.25, 0.3) is 0 Å². The fourth-order valence-electron chi connectivity index (χ4n) is 3.65. The second-order valence-electron chi connectivity index (χ2n) is 5.86. The zero-order chi connectivity index (χ0) is 16.2. The summed E-state index contributed by atoms with van der Waals surface area (Å²) in [4.78, 5) is 11.5. The second kappa shape index (κ2) is 5.08. The molecule has 3 unspecified atom stereocenters. The smallest absolute Gasteiger partial charge is 0.451 e. The summed E-state index contributed by atoms with van der Waals surface area (Å²) in [5.41, 5.74) is 0. The molecule has 2 bridgehead atoms. The molecule has 1 saturated heterocycles. The molecule has 2 aliphatic carbocycles. The molecule has 0 radical (unpaired) electrons. The standard InChI is InChI=1S/C12H16F2O7S/c13-12(14,22(16,17)18)10(15)21-9-7-2-3-8(6-7)11(9)19-4-1-5-20-11/h7-9H,1-6H2,(H,16,17,18). The van der Waals surface area contributed by atoms with E-state index in [4.69, 9.17) is 18.8 Å². The molecule has 0 aromatic heterocycles. The Morgan fingerprint density at radius 3 is 2.50 bits per heavy atom. The third-order valence-corrected chi connectivity index (χ3v) is 5.42. The summed E-state index contributed by atoms with van der Waals surface area (Å²) in [6.07, 6.45) is 1.59. The Bertz CT molecular complexity index is 570. The molecule has 0 aromatic rings. The molecule has 3 fully saturated rings. The maximum Gasteiger partial charge on any atom is 0.465 e. The second-order valence-corrected chi connectivity index (χ2v) is 7.32. The Kier molecular flexibility index (Phi) is 3.70. The minimum Gasteiger partial charge on any atom is -0.451 e. The highest BCUT2D eigenvalue weighted by Gasteiger charge is 2.65. The van der Waals surface area contributed by atoms with E-state index in [-0.39, 0.29) is 11.8 Å². The van der Waals surface area contributed by atoms with Crippen LogP contribution in [0.4, 0.5) is 8.78 Å². The third kappa shape index (κ3) is 2.24. The van der Waals surface area contributed by atoms with Gasteiger partial charge in [0.15, 0.2) is 6.10 Å². The summed E-state index contributed by atoms with van der Waals surface area (Å²) >= 11 is 0. The first-order valence-electron chi connectivity index (χ1n) is 7.02. The van der Waals surface area contributed by atoms with Crippen LogP contribution in [-0.2, 0) is 29.1 Å². The molecule has 3 aliphatic rings. The van der Waals surface area contributed by atoms with E-state index in [0.29, 0.717) is 32.5 Å². The number of hydrogen-bond acceptors (Lipinski definition) is 6. The number of hydrogen-bond donors (Lipinski definition) is 1. The van der Waals surface area contributed by atoms with E-state index < -0.39 is 33.2 Å². The Balaban J connectivity index is 1.83. The van der Waals surface area contributed by atoms with Gasteiger partial charge in [0.05, 0.1) is 13.2 Å². The third-order valence-electron chi connectivity index (χ3n) is 4.61. The Hall–Kier alpha value is -0.840. The quantitative estimate of drug-likeness (QED) is 0.602. The van der Waals surface area contributed by atoms with Crippen molar-refractivity contribution in [3.05, 3.63) is 0 Å². The number of fused-ring (bicyclic) bond motifs is 3. The van der Waals surface area contributed by atoms with E-state index in [0.717, 1.165) is 6.42 Å². The van der Waals surface area contributed by atoms with Gasteiger partial charge in [0, 0.05) is 11.8 Å². The zero-order valence-electron chi connectivity index (χ0n) is 11.5. The molecule has 3 atom stereocenters. The number of rotatable bonds is 3. The van der Waals surface area contributed by atoms with E-state index in [1.54, 1.807) is 0 Å². The van der Waals surface area contributed by atoms with E-state index in [9.17, 15) is 22.0 Å². The van der Waals surface area contributed by atoms with Crippen molar-refractivity contribution in [3.8, 4) is 0 Å². The van der Waals surface area contributed by atoms with Crippen LogP contribution in [0.2, 0.25) is 0 Å². The molecular formula is C12H16F2O7S. The van der Waals surface area contributed by atoms with E-state index >= 15 is 0 Å². The first-order chi connectivity index (χ1) is 10.2. The van der Waals surface area contributed by atoms with E-state index in [1.165, 1.54) is 0 Å². The van der Waals surface area contributed by atoms with Gasteiger partial charge in [-0.1, -0.05) is 0 Å². The van der Waals surface area contributed by atoms with Gasteiger partial charge in [-0.3, -0.25) is 4.55 Å². The first kappa shape index (κ1) is 16.0. The molecular weight excluding hydrogens is 326 g/mol. The van der Waals surface area contributed by atoms with Crippen LogP contribution in [0.3, 0.4) is 0 Å². The fourth-order valence-corrected chi connectivity index (χ4v) is 3.91. The van der Waals surface area contributed by atoms with Gasteiger partial charge >= 0.3 is 21.3 Å². The van der Waals surface area contributed by atoms with Crippen molar-refractivity contribution in [2.24, 2.45) is 11.8 Å². The number of ether oxygens (including phenoxy) is 3. The van der Waals surface area contributed by atoms with E-state index in [1.807, 2.05) is 0 Å². The maximum atomic E-state index is 13.4. The highest BCUT2D eigenvalue weighted by Crippen LogP contribution is 2.55. The Morgan fingerprint density at radius 2 is 1.91 bits per heavy atom. The van der Waals surface area contributed by atoms with Crippen LogP contribution in [0.5, 0.6) is 0 Å². The lowest BCUT2D eigenvalue weighted by atomic mass is 9.90. The van der Waals surface area contributed by atoms with Crippen molar-refractivity contribution in [2.45, 2.75) is 42.8 Å². The van der Waals surface area contributed by atoms with Gasteiger partial charge < -0.3 is 14.2 Å². The molecule has 2 saturated carbocycles. The molecule has 3 rings (SSSR count). The van der Waals surface area contributed by atoms with Crippen molar-refractivity contribution in [1.82, 2.24) is 0 Å². The van der Waals surface area contributed by atoms with Crippen molar-refractivity contribution in [3.63, 3.8) is 0 Å². The lowest BCUT2D eigenvalue weighted by molar-refractivity contribution is -0.329. The number of carbonyl (C=O) groups is 1. The number of carbonyl (C=O) groups excluding carboxylic acids is 1. The molecule has 0 amide bonds. The number of halogens is 2. The summed E-state index contributed by atoms with van der Waals surface area (Å²) in [5, 5.41) is -5.01. The molecule has 1 N–H and O–H groups in total. The van der Waals surface area contributed by atoms with Crippen LogP contribution in [0.15, 0.2) is 0 Å².